The van der Waals surface area contributed by atoms with E-state index in [0.717, 1.165) is 23.2 Å². The van der Waals surface area contributed by atoms with Gasteiger partial charge in [-0.15, -0.1) is 11.3 Å². The van der Waals surface area contributed by atoms with Crippen molar-refractivity contribution in [3.05, 3.63) is 70.7 Å². The summed E-state index contributed by atoms with van der Waals surface area (Å²) < 4.78 is 0. The highest BCUT2D eigenvalue weighted by atomic mass is 32.1. The minimum absolute atomic E-state index is 0.150. The fourth-order valence-electron chi connectivity index (χ4n) is 3.01. The van der Waals surface area contributed by atoms with Crippen LogP contribution in [0.15, 0.2) is 53.9 Å². The van der Waals surface area contributed by atoms with Gasteiger partial charge in [0.25, 0.3) is 5.91 Å². The Labute approximate surface area is 160 Å². The van der Waals surface area contributed by atoms with Gasteiger partial charge in [0, 0.05) is 23.3 Å². The molecule has 0 atom stereocenters. The number of carbonyl (C=O) groups excluding carboxylic acids is 2. The van der Waals surface area contributed by atoms with Gasteiger partial charge in [-0.1, -0.05) is 35.9 Å². The Kier molecular flexibility index (Phi) is 4.60. The Balaban J connectivity index is 1.42. The molecule has 27 heavy (non-hydrogen) atoms. The first-order valence-electron chi connectivity index (χ1n) is 8.60. The largest absolute Gasteiger partial charge is 0.325 e. The molecule has 4 rings (SSSR count). The van der Waals surface area contributed by atoms with Crippen LogP contribution in [0, 0.1) is 6.92 Å². The lowest BCUT2D eigenvalue weighted by molar-refractivity contribution is 0.0985. The quantitative estimate of drug-likeness (QED) is 0.714. The van der Waals surface area contributed by atoms with Crippen molar-refractivity contribution in [3.8, 4) is 0 Å². The van der Waals surface area contributed by atoms with Gasteiger partial charge in [0.1, 0.15) is 5.69 Å². The SMILES string of the molecule is Cc1ccc(NC(=O)Nc2nc(C(=O)N3CCc4ccccc43)cs2)cc1. The normalized spacial score (nSPS) is 12.6. The Morgan fingerprint density at radius 1 is 1.07 bits per heavy atom. The number of fused-ring (bicyclic) bond motifs is 1. The maximum atomic E-state index is 12.8. The molecule has 0 unspecified atom stereocenters. The summed E-state index contributed by atoms with van der Waals surface area (Å²) >= 11 is 1.23. The van der Waals surface area contributed by atoms with Gasteiger partial charge in [-0.05, 0) is 37.1 Å². The van der Waals surface area contributed by atoms with E-state index in [1.54, 1.807) is 10.3 Å². The molecule has 1 aliphatic heterocycles. The van der Waals surface area contributed by atoms with E-state index < -0.39 is 6.03 Å². The lowest BCUT2D eigenvalue weighted by Crippen LogP contribution is -2.29. The van der Waals surface area contributed by atoms with Crippen LogP contribution in [0.5, 0.6) is 0 Å². The second-order valence-electron chi connectivity index (χ2n) is 6.32. The monoisotopic (exact) mass is 378 g/mol. The number of nitrogens with one attached hydrogen (secondary N) is 2. The van der Waals surface area contributed by atoms with E-state index in [1.807, 2.05) is 55.5 Å². The molecule has 7 heteroatoms. The average Bonchev–Trinajstić information content (AvgIpc) is 3.30. The molecule has 136 valence electrons. The van der Waals surface area contributed by atoms with Gasteiger partial charge in [-0.25, -0.2) is 9.78 Å². The van der Waals surface area contributed by atoms with Gasteiger partial charge < -0.3 is 10.2 Å². The first kappa shape index (κ1) is 17.2. The fraction of sp³-hybridized carbons (Fsp3) is 0.150. The third-order valence-corrected chi connectivity index (χ3v) is 5.14. The zero-order valence-corrected chi connectivity index (χ0v) is 15.5. The van der Waals surface area contributed by atoms with Crippen LogP contribution in [-0.4, -0.2) is 23.5 Å². The predicted molar refractivity (Wildman–Crippen MR) is 108 cm³/mol. The van der Waals surface area contributed by atoms with Gasteiger partial charge in [0.2, 0.25) is 0 Å². The summed E-state index contributed by atoms with van der Waals surface area (Å²) in [6.45, 7) is 2.63. The number of thiazole rings is 1. The molecule has 0 aliphatic carbocycles. The molecule has 2 heterocycles. The first-order chi connectivity index (χ1) is 13.1. The zero-order valence-electron chi connectivity index (χ0n) is 14.7. The highest BCUT2D eigenvalue weighted by Gasteiger charge is 2.26. The minimum atomic E-state index is -0.390. The third-order valence-electron chi connectivity index (χ3n) is 4.39. The molecule has 2 aromatic carbocycles. The summed E-state index contributed by atoms with van der Waals surface area (Å²) in [7, 11) is 0. The Morgan fingerprint density at radius 2 is 1.85 bits per heavy atom. The van der Waals surface area contributed by atoms with Crippen molar-refractivity contribution in [3.63, 3.8) is 0 Å². The lowest BCUT2D eigenvalue weighted by Gasteiger charge is -2.15. The van der Waals surface area contributed by atoms with Gasteiger partial charge in [-0.2, -0.15) is 0 Å². The van der Waals surface area contributed by atoms with E-state index in [-0.39, 0.29) is 5.91 Å². The number of aryl methyl sites for hydroxylation is 1. The smallest absolute Gasteiger partial charge is 0.308 e. The standard InChI is InChI=1S/C20H18N4O2S/c1-13-6-8-15(9-7-13)21-19(26)23-20-22-16(12-27-20)18(25)24-11-10-14-4-2-3-5-17(14)24/h2-9,12H,10-11H2,1H3,(H2,21,22,23,26). The summed E-state index contributed by atoms with van der Waals surface area (Å²) in [4.78, 5) is 30.9. The number of carbonyl (C=O) groups is 2. The molecule has 2 N–H and O–H groups in total. The third kappa shape index (κ3) is 3.68. The van der Waals surface area contributed by atoms with Gasteiger partial charge in [0.15, 0.2) is 5.13 Å². The number of amides is 3. The summed E-state index contributed by atoms with van der Waals surface area (Å²) in [6.07, 6.45) is 0.843. The van der Waals surface area contributed by atoms with Crippen molar-refractivity contribution >= 4 is 39.8 Å². The lowest BCUT2D eigenvalue weighted by atomic mass is 10.2. The number of para-hydroxylation sites is 1. The number of anilines is 3. The van der Waals surface area contributed by atoms with E-state index >= 15 is 0 Å². The molecule has 0 bridgehead atoms. The Bertz CT molecular complexity index is 997. The number of aromatic nitrogens is 1. The van der Waals surface area contributed by atoms with Crippen LogP contribution in [0.25, 0.3) is 0 Å². The van der Waals surface area contributed by atoms with Crippen LogP contribution in [0.3, 0.4) is 0 Å². The second kappa shape index (κ2) is 7.20. The van der Waals surface area contributed by atoms with E-state index in [9.17, 15) is 9.59 Å². The fourth-order valence-corrected chi connectivity index (χ4v) is 3.69. The van der Waals surface area contributed by atoms with Gasteiger partial charge in [-0.3, -0.25) is 10.1 Å². The summed E-state index contributed by atoms with van der Waals surface area (Å²) in [5, 5.41) is 7.48. The molecule has 0 fully saturated rings. The van der Waals surface area contributed by atoms with E-state index in [1.165, 1.54) is 11.3 Å². The number of hydrogen-bond acceptors (Lipinski definition) is 4. The Hall–Kier alpha value is -3.19. The molecule has 3 aromatic rings. The maximum absolute atomic E-state index is 12.8. The molecule has 0 saturated carbocycles. The molecule has 3 amide bonds. The van der Waals surface area contributed by atoms with Gasteiger partial charge in [0.05, 0.1) is 0 Å². The highest BCUT2D eigenvalue weighted by molar-refractivity contribution is 7.14. The van der Waals surface area contributed by atoms with Gasteiger partial charge >= 0.3 is 6.03 Å². The average molecular weight is 378 g/mol. The van der Waals surface area contributed by atoms with Crippen molar-refractivity contribution < 1.29 is 9.59 Å². The summed E-state index contributed by atoms with van der Waals surface area (Å²) in [5.74, 6) is -0.150. The van der Waals surface area contributed by atoms with Crippen molar-refractivity contribution in [1.29, 1.82) is 0 Å². The number of rotatable bonds is 3. The van der Waals surface area contributed by atoms with E-state index in [4.69, 9.17) is 0 Å². The van der Waals surface area contributed by atoms with E-state index in [2.05, 4.69) is 15.6 Å². The van der Waals surface area contributed by atoms with Crippen molar-refractivity contribution in [2.45, 2.75) is 13.3 Å². The number of urea groups is 1. The van der Waals surface area contributed by atoms with Crippen LogP contribution in [0.1, 0.15) is 21.6 Å². The Morgan fingerprint density at radius 3 is 2.67 bits per heavy atom. The van der Waals surface area contributed by atoms with Crippen LogP contribution in [0.2, 0.25) is 0 Å². The molecule has 6 nitrogen and oxygen atoms in total. The van der Waals surface area contributed by atoms with Crippen molar-refractivity contribution in [1.82, 2.24) is 4.98 Å². The molecular weight excluding hydrogens is 360 g/mol. The molecular formula is C20H18N4O2S. The van der Waals surface area contributed by atoms with Crippen molar-refractivity contribution in [2.75, 3.05) is 22.1 Å². The topological polar surface area (TPSA) is 74.3 Å². The van der Waals surface area contributed by atoms with Crippen molar-refractivity contribution in [2.24, 2.45) is 0 Å². The number of benzene rings is 2. The summed E-state index contributed by atoms with van der Waals surface area (Å²) in [5.41, 5.74) is 4.24. The second-order valence-corrected chi connectivity index (χ2v) is 7.18. The molecule has 0 radical (unpaired) electrons. The first-order valence-corrected chi connectivity index (χ1v) is 9.48. The zero-order chi connectivity index (χ0) is 18.8. The number of hydrogen-bond donors (Lipinski definition) is 2. The molecule has 1 aromatic heterocycles. The molecule has 1 aliphatic rings. The van der Waals surface area contributed by atoms with Crippen LogP contribution < -0.4 is 15.5 Å². The van der Waals surface area contributed by atoms with E-state index in [0.29, 0.717) is 23.1 Å². The van der Waals surface area contributed by atoms with Crippen LogP contribution in [0.4, 0.5) is 21.3 Å². The minimum Gasteiger partial charge on any atom is -0.308 e. The molecule has 0 saturated heterocycles. The maximum Gasteiger partial charge on any atom is 0.325 e. The van der Waals surface area contributed by atoms with Crippen LogP contribution in [-0.2, 0) is 6.42 Å². The number of nitrogens with zero attached hydrogens (tertiary/aromatic N) is 2. The van der Waals surface area contributed by atoms with Crippen LogP contribution >= 0.6 is 11.3 Å². The highest BCUT2D eigenvalue weighted by Crippen LogP contribution is 2.29. The predicted octanol–water partition coefficient (Wildman–Crippen LogP) is 4.30. The molecule has 0 spiro atoms. The summed E-state index contributed by atoms with van der Waals surface area (Å²) in [6, 6.07) is 15.0.